The molecule has 2 fully saturated rings. The molecule has 0 aromatic heterocycles. The maximum atomic E-state index is 5.77. The first-order valence-electron chi connectivity index (χ1n) is 8.84. The molecule has 1 N–H and O–H groups in total. The summed E-state index contributed by atoms with van der Waals surface area (Å²) in [7, 11) is 0. The third-order valence-electron chi connectivity index (χ3n) is 5.66. The Morgan fingerprint density at radius 2 is 2.10 bits per heavy atom. The molecule has 4 rings (SSSR count). The Kier molecular flexibility index (Phi) is 3.66. The smallest absolute Gasteiger partial charge is 0.122 e. The average molecular weight is 285 g/mol. The van der Waals surface area contributed by atoms with Crippen LogP contribution in [0.25, 0.3) is 0 Å². The second-order valence-corrected chi connectivity index (χ2v) is 7.24. The molecule has 1 aromatic carbocycles. The second kappa shape index (κ2) is 5.64. The van der Waals surface area contributed by atoms with Crippen LogP contribution >= 0.6 is 0 Å². The predicted octanol–water partition coefficient (Wildman–Crippen LogP) is 4.10. The van der Waals surface area contributed by atoms with Gasteiger partial charge in [-0.1, -0.05) is 19.1 Å². The summed E-state index contributed by atoms with van der Waals surface area (Å²) in [6, 6.07) is 7.50. The van der Waals surface area contributed by atoms with Gasteiger partial charge < -0.3 is 10.1 Å². The Hall–Kier alpha value is -1.02. The zero-order chi connectivity index (χ0) is 14.2. The van der Waals surface area contributed by atoms with Gasteiger partial charge in [0.1, 0.15) is 5.75 Å². The van der Waals surface area contributed by atoms with E-state index in [1.807, 2.05) is 0 Å². The molecule has 3 unspecified atom stereocenters. The van der Waals surface area contributed by atoms with Crippen molar-refractivity contribution in [1.82, 2.24) is 5.32 Å². The Morgan fingerprint density at radius 1 is 1.24 bits per heavy atom. The van der Waals surface area contributed by atoms with Crippen molar-refractivity contribution in [2.75, 3.05) is 13.2 Å². The summed E-state index contributed by atoms with van der Waals surface area (Å²) in [4.78, 5) is 0. The average Bonchev–Trinajstić information content (AvgIpc) is 3.14. The van der Waals surface area contributed by atoms with Crippen LogP contribution in [-0.2, 0) is 6.42 Å². The molecular formula is C19H27NO. The molecule has 2 heteroatoms. The minimum Gasteiger partial charge on any atom is -0.493 e. The third kappa shape index (κ3) is 2.70. The second-order valence-electron chi connectivity index (χ2n) is 7.24. The summed E-state index contributed by atoms with van der Waals surface area (Å²) in [5.41, 5.74) is 2.92. The van der Waals surface area contributed by atoms with Crippen molar-refractivity contribution in [3.8, 4) is 5.75 Å². The quantitative estimate of drug-likeness (QED) is 0.879. The normalized spacial score (nSPS) is 31.2. The zero-order valence-corrected chi connectivity index (χ0v) is 13.1. The first-order chi connectivity index (χ1) is 10.3. The van der Waals surface area contributed by atoms with E-state index in [4.69, 9.17) is 4.74 Å². The Balaban J connectivity index is 1.56. The van der Waals surface area contributed by atoms with E-state index < -0.39 is 0 Å². The van der Waals surface area contributed by atoms with Gasteiger partial charge in [0, 0.05) is 6.04 Å². The van der Waals surface area contributed by atoms with Crippen molar-refractivity contribution < 1.29 is 4.74 Å². The van der Waals surface area contributed by atoms with Gasteiger partial charge in [0.15, 0.2) is 0 Å². The third-order valence-corrected chi connectivity index (χ3v) is 5.66. The highest BCUT2D eigenvalue weighted by Crippen LogP contribution is 2.57. The van der Waals surface area contributed by atoms with E-state index in [1.165, 1.54) is 43.2 Å². The van der Waals surface area contributed by atoms with Crippen molar-refractivity contribution in [1.29, 1.82) is 0 Å². The summed E-state index contributed by atoms with van der Waals surface area (Å²) in [6.07, 6.45) is 7.95. The number of aryl methyl sites for hydroxylation is 1. The van der Waals surface area contributed by atoms with Gasteiger partial charge in [-0.25, -0.2) is 0 Å². The molecule has 0 saturated heterocycles. The maximum absolute atomic E-state index is 5.77. The monoisotopic (exact) mass is 285 g/mol. The van der Waals surface area contributed by atoms with Crippen LogP contribution in [0.2, 0.25) is 0 Å². The van der Waals surface area contributed by atoms with Crippen LogP contribution in [-0.4, -0.2) is 13.2 Å². The lowest BCUT2D eigenvalue weighted by atomic mass is 9.87. The Bertz CT molecular complexity index is 502. The largest absolute Gasteiger partial charge is 0.493 e. The number of fused-ring (bicyclic) bond motifs is 2. The van der Waals surface area contributed by atoms with Gasteiger partial charge in [-0.15, -0.1) is 0 Å². The molecule has 0 spiro atoms. The molecule has 3 aliphatic rings. The first kappa shape index (κ1) is 13.6. The summed E-state index contributed by atoms with van der Waals surface area (Å²) >= 11 is 0. The van der Waals surface area contributed by atoms with E-state index in [9.17, 15) is 0 Å². The molecule has 1 heterocycles. The summed E-state index contributed by atoms with van der Waals surface area (Å²) < 4.78 is 5.77. The van der Waals surface area contributed by atoms with Crippen LogP contribution in [0, 0.1) is 17.8 Å². The lowest BCUT2D eigenvalue weighted by molar-refractivity contribution is 0.287. The fraction of sp³-hybridized carbons (Fsp3) is 0.684. The fourth-order valence-electron chi connectivity index (χ4n) is 4.46. The van der Waals surface area contributed by atoms with Gasteiger partial charge in [-0.2, -0.15) is 0 Å². The van der Waals surface area contributed by atoms with Crippen LogP contribution in [0.15, 0.2) is 18.2 Å². The molecule has 2 nitrogen and oxygen atoms in total. The van der Waals surface area contributed by atoms with Gasteiger partial charge in [0.05, 0.1) is 6.61 Å². The van der Waals surface area contributed by atoms with E-state index in [1.54, 1.807) is 0 Å². The molecule has 21 heavy (non-hydrogen) atoms. The lowest BCUT2D eigenvalue weighted by Crippen LogP contribution is -2.28. The van der Waals surface area contributed by atoms with Crippen LogP contribution in [0.4, 0.5) is 0 Å². The van der Waals surface area contributed by atoms with Gasteiger partial charge >= 0.3 is 0 Å². The number of ether oxygens (including phenoxy) is 1. The Labute approximate surface area is 128 Å². The van der Waals surface area contributed by atoms with Gasteiger partial charge in [-0.05, 0) is 80.0 Å². The summed E-state index contributed by atoms with van der Waals surface area (Å²) in [6.45, 7) is 4.27. The van der Waals surface area contributed by atoms with Gasteiger partial charge in [0.2, 0.25) is 0 Å². The minimum absolute atomic E-state index is 0.560. The van der Waals surface area contributed by atoms with Crippen molar-refractivity contribution in [3.05, 3.63) is 29.3 Å². The Morgan fingerprint density at radius 3 is 2.90 bits per heavy atom. The van der Waals surface area contributed by atoms with E-state index in [0.717, 1.165) is 43.1 Å². The summed E-state index contributed by atoms with van der Waals surface area (Å²) in [5.74, 6) is 4.08. The van der Waals surface area contributed by atoms with Crippen LogP contribution in [0.5, 0.6) is 5.75 Å². The highest BCUT2D eigenvalue weighted by Gasteiger charge is 2.48. The molecule has 3 atom stereocenters. The topological polar surface area (TPSA) is 21.3 Å². The van der Waals surface area contributed by atoms with Crippen LogP contribution in [0.1, 0.15) is 56.2 Å². The standard InChI is InChI=1S/C19H27NO/c1-2-7-20-19(17-11-15-10-16(15)12-17)14-5-6-18-13(9-14)4-3-8-21-18/h5-6,9,15-17,19-20H,2-4,7-8,10-12H2,1H3. The van der Waals surface area contributed by atoms with Crippen LogP contribution in [0.3, 0.4) is 0 Å². The molecule has 0 amide bonds. The van der Waals surface area contributed by atoms with Gasteiger partial charge in [0.25, 0.3) is 0 Å². The highest BCUT2D eigenvalue weighted by atomic mass is 16.5. The molecule has 0 bridgehead atoms. The highest BCUT2D eigenvalue weighted by molar-refractivity contribution is 5.40. The van der Waals surface area contributed by atoms with Crippen molar-refractivity contribution >= 4 is 0 Å². The molecule has 2 aliphatic carbocycles. The predicted molar refractivity (Wildman–Crippen MR) is 85.6 cm³/mol. The van der Waals surface area contributed by atoms with Crippen molar-refractivity contribution in [2.24, 2.45) is 17.8 Å². The number of nitrogens with one attached hydrogen (secondary N) is 1. The fourth-order valence-corrected chi connectivity index (χ4v) is 4.46. The molecule has 1 aromatic rings. The van der Waals surface area contributed by atoms with E-state index in [2.05, 4.69) is 30.4 Å². The van der Waals surface area contributed by atoms with E-state index in [0.29, 0.717) is 6.04 Å². The van der Waals surface area contributed by atoms with Crippen molar-refractivity contribution in [3.63, 3.8) is 0 Å². The molecule has 1 aliphatic heterocycles. The molecule has 114 valence electrons. The number of rotatable bonds is 5. The minimum atomic E-state index is 0.560. The first-order valence-corrected chi connectivity index (χ1v) is 8.84. The van der Waals surface area contributed by atoms with Gasteiger partial charge in [-0.3, -0.25) is 0 Å². The van der Waals surface area contributed by atoms with Crippen molar-refractivity contribution in [2.45, 2.75) is 51.5 Å². The SMILES string of the molecule is CCCNC(c1ccc2c(c1)CCCO2)C1CC2CC2C1. The maximum Gasteiger partial charge on any atom is 0.122 e. The lowest BCUT2D eigenvalue weighted by Gasteiger charge is -2.28. The van der Waals surface area contributed by atoms with E-state index in [-0.39, 0.29) is 0 Å². The van der Waals surface area contributed by atoms with Crippen LogP contribution < -0.4 is 10.1 Å². The molecular weight excluding hydrogens is 258 g/mol. The number of hydrogen-bond donors (Lipinski definition) is 1. The zero-order valence-electron chi connectivity index (χ0n) is 13.1. The molecule has 2 saturated carbocycles. The number of hydrogen-bond acceptors (Lipinski definition) is 2. The van der Waals surface area contributed by atoms with E-state index >= 15 is 0 Å². The molecule has 0 radical (unpaired) electrons. The summed E-state index contributed by atoms with van der Waals surface area (Å²) in [5, 5.41) is 3.83. The number of benzene rings is 1.